The van der Waals surface area contributed by atoms with Gasteiger partial charge in [-0.05, 0) is 49.6 Å². The second-order valence-electron chi connectivity index (χ2n) is 4.48. The Morgan fingerprint density at radius 3 is 2.47 bits per heavy atom. The van der Waals surface area contributed by atoms with Gasteiger partial charge >= 0.3 is 0 Å². The van der Waals surface area contributed by atoms with Crippen LogP contribution in [-0.2, 0) is 6.42 Å². The van der Waals surface area contributed by atoms with E-state index in [1.807, 2.05) is 6.92 Å². The Kier molecular flexibility index (Phi) is 1.61. The maximum absolute atomic E-state index is 5.75. The van der Waals surface area contributed by atoms with Gasteiger partial charge in [0, 0.05) is 17.5 Å². The second kappa shape index (κ2) is 2.75. The molecule has 0 saturated heterocycles. The molecule has 1 aromatic heterocycles. The standard InChI is InChI=1S/C14H14O/c1-8-4-11-7-12-6-10(3)15-14(12)13(11)5-9(8)2/h4-6H,7H2,1-3H3. The van der Waals surface area contributed by atoms with Crippen LogP contribution in [0.4, 0.5) is 0 Å². The molecule has 0 amide bonds. The second-order valence-corrected chi connectivity index (χ2v) is 4.48. The van der Waals surface area contributed by atoms with Crippen LogP contribution in [0.15, 0.2) is 22.6 Å². The van der Waals surface area contributed by atoms with Gasteiger partial charge in [0.2, 0.25) is 0 Å². The molecular formula is C14H14O. The van der Waals surface area contributed by atoms with Crippen molar-refractivity contribution >= 4 is 0 Å². The Hall–Kier alpha value is -1.50. The molecule has 0 unspecified atom stereocenters. The lowest BCUT2D eigenvalue weighted by Gasteiger charge is -2.04. The SMILES string of the molecule is Cc1cc2c(o1)-c1cc(C)c(C)cc1C2. The minimum Gasteiger partial charge on any atom is -0.461 e. The molecule has 1 aliphatic carbocycles. The van der Waals surface area contributed by atoms with Crippen molar-refractivity contribution in [3.63, 3.8) is 0 Å². The van der Waals surface area contributed by atoms with Crippen LogP contribution in [0, 0.1) is 20.8 Å². The Bertz CT molecular complexity index is 547. The van der Waals surface area contributed by atoms with E-state index in [0.717, 1.165) is 17.9 Å². The number of furan rings is 1. The van der Waals surface area contributed by atoms with Gasteiger partial charge in [-0.2, -0.15) is 0 Å². The smallest absolute Gasteiger partial charge is 0.138 e. The fourth-order valence-corrected chi connectivity index (χ4v) is 2.36. The fraction of sp³-hybridized carbons (Fsp3) is 0.286. The van der Waals surface area contributed by atoms with Crippen molar-refractivity contribution in [3.8, 4) is 11.3 Å². The van der Waals surface area contributed by atoms with E-state index >= 15 is 0 Å². The molecule has 3 rings (SSSR count). The summed E-state index contributed by atoms with van der Waals surface area (Å²) < 4.78 is 5.75. The molecule has 0 N–H and O–H groups in total. The van der Waals surface area contributed by atoms with Gasteiger partial charge in [0.1, 0.15) is 11.5 Å². The van der Waals surface area contributed by atoms with Crippen LogP contribution in [0.3, 0.4) is 0 Å². The summed E-state index contributed by atoms with van der Waals surface area (Å²) in [6.07, 6.45) is 1.03. The van der Waals surface area contributed by atoms with E-state index in [-0.39, 0.29) is 0 Å². The molecule has 1 heterocycles. The van der Waals surface area contributed by atoms with Crippen LogP contribution in [0.25, 0.3) is 11.3 Å². The number of hydrogen-bond donors (Lipinski definition) is 0. The molecule has 2 aromatic rings. The predicted molar refractivity (Wildman–Crippen MR) is 61.2 cm³/mol. The van der Waals surface area contributed by atoms with Crippen molar-refractivity contribution in [2.75, 3.05) is 0 Å². The first-order chi connectivity index (χ1) is 7.15. The zero-order valence-corrected chi connectivity index (χ0v) is 9.35. The molecule has 1 aliphatic rings. The Morgan fingerprint density at radius 1 is 0.933 bits per heavy atom. The van der Waals surface area contributed by atoms with Gasteiger partial charge in [0.05, 0.1) is 0 Å². The molecule has 0 radical (unpaired) electrons. The Balaban J connectivity index is 2.27. The van der Waals surface area contributed by atoms with Crippen LogP contribution in [0.2, 0.25) is 0 Å². The number of fused-ring (bicyclic) bond motifs is 3. The molecule has 0 aliphatic heterocycles. The van der Waals surface area contributed by atoms with E-state index in [9.17, 15) is 0 Å². The third kappa shape index (κ3) is 1.16. The first-order valence-corrected chi connectivity index (χ1v) is 5.35. The molecule has 0 saturated carbocycles. The average Bonchev–Trinajstić information content (AvgIpc) is 2.64. The third-order valence-electron chi connectivity index (χ3n) is 3.28. The number of hydrogen-bond acceptors (Lipinski definition) is 1. The van der Waals surface area contributed by atoms with Crippen LogP contribution in [0.1, 0.15) is 28.0 Å². The van der Waals surface area contributed by atoms with Crippen molar-refractivity contribution in [1.29, 1.82) is 0 Å². The van der Waals surface area contributed by atoms with E-state index < -0.39 is 0 Å². The largest absolute Gasteiger partial charge is 0.461 e. The minimum atomic E-state index is 1.02. The summed E-state index contributed by atoms with van der Waals surface area (Å²) in [5.41, 5.74) is 6.76. The van der Waals surface area contributed by atoms with E-state index in [0.29, 0.717) is 0 Å². The van der Waals surface area contributed by atoms with E-state index in [1.54, 1.807) is 0 Å². The summed E-state index contributed by atoms with van der Waals surface area (Å²) in [5.74, 6) is 2.11. The summed E-state index contributed by atoms with van der Waals surface area (Å²) in [6.45, 7) is 6.34. The maximum atomic E-state index is 5.75. The highest BCUT2D eigenvalue weighted by Gasteiger charge is 2.22. The molecule has 76 valence electrons. The fourth-order valence-electron chi connectivity index (χ4n) is 2.36. The summed E-state index contributed by atoms with van der Waals surface area (Å²) in [7, 11) is 0. The molecule has 0 spiro atoms. The van der Waals surface area contributed by atoms with Crippen LogP contribution in [-0.4, -0.2) is 0 Å². The predicted octanol–water partition coefficient (Wildman–Crippen LogP) is 3.78. The number of aryl methyl sites for hydroxylation is 3. The van der Waals surface area contributed by atoms with Gasteiger partial charge < -0.3 is 4.42 Å². The Morgan fingerprint density at radius 2 is 1.67 bits per heavy atom. The molecule has 0 bridgehead atoms. The Labute approximate surface area is 89.7 Å². The van der Waals surface area contributed by atoms with Gasteiger partial charge in [-0.3, -0.25) is 0 Å². The van der Waals surface area contributed by atoms with Gasteiger partial charge in [-0.25, -0.2) is 0 Å². The lowest BCUT2D eigenvalue weighted by atomic mass is 10.0. The third-order valence-corrected chi connectivity index (χ3v) is 3.28. The molecule has 1 aromatic carbocycles. The van der Waals surface area contributed by atoms with Crippen molar-refractivity contribution < 1.29 is 4.42 Å². The van der Waals surface area contributed by atoms with E-state index in [1.165, 1.54) is 27.8 Å². The minimum absolute atomic E-state index is 1.02. The highest BCUT2D eigenvalue weighted by Crippen LogP contribution is 2.39. The van der Waals surface area contributed by atoms with E-state index in [2.05, 4.69) is 32.0 Å². The summed E-state index contributed by atoms with van der Waals surface area (Å²) in [4.78, 5) is 0. The number of rotatable bonds is 0. The molecule has 1 heteroatoms. The van der Waals surface area contributed by atoms with Crippen LogP contribution < -0.4 is 0 Å². The lowest BCUT2D eigenvalue weighted by Crippen LogP contribution is -1.86. The van der Waals surface area contributed by atoms with Crippen molar-refractivity contribution in [2.45, 2.75) is 27.2 Å². The lowest BCUT2D eigenvalue weighted by molar-refractivity contribution is 0.548. The van der Waals surface area contributed by atoms with Crippen molar-refractivity contribution in [2.24, 2.45) is 0 Å². The molecular weight excluding hydrogens is 184 g/mol. The first-order valence-electron chi connectivity index (χ1n) is 5.35. The van der Waals surface area contributed by atoms with Gasteiger partial charge in [-0.1, -0.05) is 6.07 Å². The van der Waals surface area contributed by atoms with E-state index in [4.69, 9.17) is 4.42 Å². The zero-order valence-electron chi connectivity index (χ0n) is 9.35. The summed E-state index contributed by atoms with van der Waals surface area (Å²) >= 11 is 0. The quantitative estimate of drug-likeness (QED) is 0.536. The first kappa shape index (κ1) is 8.78. The molecule has 15 heavy (non-hydrogen) atoms. The van der Waals surface area contributed by atoms with Crippen molar-refractivity contribution in [3.05, 3.63) is 46.2 Å². The van der Waals surface area contributed by atoms with Crippen molar-refractivity contribution in [1.82, 2.24) is 0 Å². The van der Waals surface area contributed by atoms with Gasteiger partial charge in [-0.15, -0.1) is 0 Å². The van der Waals surface area contributed by atoms with Crippen LogP contribution in [0.5, 0.6) is 0 Å². The van der Waals surface area contributed by atoms with Gasteiger partial charge in [0.25, 0.3) is 0 Å². The molecule has 0 atom stereocenters. The molecule has 0 fully saturated rings. The topological polar surface area (TPSA) is 13.1 Å². The molecule has 1 nitrogen and oxygen atoms in total. The highest BCUT2D eigenvalue weighted by molar-refractivity contribution is 5.73. The average molecular weight is 198 g/mol. The summed E-state index contributed by atoms with van der Waals surface area (Å²) in [6, 6.07) is 6.69. The highest BCUT2D eigenvalue weighted by atomic mass is 16.3. The number of benzene rings is 1. The normalized spacial score (nSPS) is 12.7. The van der Waals surface area contributed by atoms with Crippen LogP contribution >= 0.6 is 0 Å². The summed E-state index contributed by atoms with van der Waals surface area (Å²) in [5, 5.41) is 0. The maximum Gasteiger partial charge on any atom is 0.138 e. The monoisotopic (exact) mass is 198 g/mol. The zero-order chi connectivity index (χ0) is 10.6. The van der Waals surface area contributed by atoms with Gasteiger partial charge in [0.15, 0.2) is 0 Å².